The minimum absolute atomic E-state index is 0.0439. The minimum Gasteiger partial charge on any atom is -0.368 e. The van der Waals surface area contributed by atoms with Gasteiger partial charge in [0.25, 0.3) is 5.91 Å². The summed E-state index contributed by atoms with van der Waals surface area (Å²) < 4.78 is 22.5. The summed E-state index contributed by atoms with van der Waals surface area (Å²) in [5.74, 6) is 1.82. The Balaban J connectivity index is 1.06. The monoisotopic (exact) mass is 600 g/mol. The molecular weight excluding hydrogens is 567 g/mol. The molecule has 0 bridgehead atoms. The summed E-state index contributed by atoms with van der Waals surface area (Å²) in [6.07, 6.45) is 11.7. The number of carbonyl (C=O) groups excluding carboxylic acids is 1. The van der Waals surface area contributed by atoms with Gasteiger partial charge in [-0.25, -0.2) is 28.7 Å². The Labute approximate surface area is 251 Å². The molecular formula is C29H33FN12O2. The van der Waals surface area contributed by atoms with Gasteiger partial charge in [-0.3, -0.25) is 14.9 Å². The van der Waals surface area contributed by atoms with E-state index in [9.17, 15) is 9.18 Å². The summed E-state index contributed by atoms with van der Waals surface area (Å²) in [7, 11) is 1.58. The average Bonchev–Trinajstić information content (AvgIpc) is 3.41. The third kappa shape index (κ3) is 5.27. The summed E-state index contributed by atoms with van der Waals surface area (Å²) in [6, 6.07) is 1.87. The standard InChI is InChI=1S/C29H33FN12O2/c1-16-10-23(40-39-16)36-26-21-12-34-42(20-4-5-20)27(21)38-25(37-26)18-6-8-29(44-3,9-7-18)28(43)35-17(2)22-13-32-24(14-31-22)41-15-19(30)11-33-41/h10-15,17-18,20H,4-9H2,1-3H3,(H,35,43)(H2,36,37,38,39,40)/t17-,18?,29?/m0/s1. The quantitative estimate of drug-likeness (QED) is 0.225. The van der Waals surface area contributed by atoms with Crippen LogP contribution < -0.4 is 10.6 Å². The maximum absolute atomic E-state index is 13.6. The first-order chi connectivity index (χ1) is 21.3. The van der Waals surface area contributed by atoms with Gasteiger partial charge in [-0.15, -0.1) is 0 Å². The molecule has 3 N–H and O–H groups in total. The summed E-state index contributed by atoms with van der Waals surface area (Å²) in [5, 5.41) is 23.1. The molecule has 44 heavy (non-hydrogen) atoms. The normalized spacial score (nSPS) is 21.0. The van der Waals surface area contributed by atoms with E-state index in [4.69, 9.17) is 14.7 Å². The molecule has 1 amide bonds. The molecule has 0 radical (unpaired) electrons. The number of hydrogen-bond acceptors (Lipinski definition) is 10. The second-order valence-corrected chi connectivity index (χ2v) is 11.6. The van der Waals surface area contributed by atoms with Crippen molar-refractivity contribution in [3.8, 4) is 5.82 Å². The fraction of sp³-hybridized carbons (Fsp3) is 0.448. The van der Waals surface area contributed by atoms with Gasteiger partial charge in [0.1, 0.15) is 17.2 Å². The Bertz CT molecular complexity index is 1800. The van der Waals surface area contributed by atoms with Gasteiger partial charge in [-0.1, -0.05) is 0 Å². The van der Waals surface area contributed by atoms with Crippen molar-refractivity contribution in [2.45, 2.75) is 76.0 Å². The molecule has 2 saturated carbocycles. The Morgan fingerprint density at radius 1 is 1.11 bits per heavy atom. The van der Waals surface area contributed by atoms with Crippen LogP contribution in [-0.2, 0) is 9.53 Å². The minimum atomic E-state index is -0.988. The van der Waals surface area contributed by atoms with Crippen molar-refractivity contribution in [1.82, 2.24) is 55.0 Å². The summed E-state index contributed by atoms with van der Waals surface area (Å²) in [6.45, 7) is 3.78. The number of aromatic nitrogens is 10. The first kappa shape index (κ1) is 28.0. The summed E-state index contributed by atoms with van der Waals surface area (Å²) in [5.41, 5.74) is 1.33. The highest BCUT2D eigenvalue weighted by molar-refractivity contribution is 5.88. The number of fused-ring (bicyclic) bond motifs is 1. The highest BCUT2D eigenvalue weighted by atomic mass is 19.1. The van der Waals surface area contributed by atoms with Crippen molar-refractivity contribution >= 4 is 28.6 Å². The number of H-pyrrole nitrogens is 1. The highest BCUT2D eigenvalue weighted by Gasteiger charge is 2.43. The zero-order valence-corrected chi connectivity index (χ0v) is 24.7. The molecule has 0 saturated heterocycles. The molecule has 5 heterocycles. The SMILES string of the molecule is COC1(C(=O)N[C@@H](C)c2cnc(-n3cc(F)cn3)cn2)CCC(c2nc(Nc3cc(C)[nH]n3)c3cnn(C4CC4)c3n2)CC1. The van der Waals surface area contributed by atoms with E-state index in [1.807, 2.05) is 30.8 Å². The predicted molar refractivity (Wildman–Crippen MR) is 157 cm³/mol. The molecule has 0 aromatic carbocycles. The Hall–Kier alpha value is -4.79. The number of rotatable bonds is 9. The van der Waals surface area contributed by atoms with E-state index in [0.29, 0.717) is 54.9 Å². The number of carbonyl (C=O) groups is 1. The number of ether oxygens (including phenoxy) is 1. The van der Waals surface area contributed by atoms with E-state index in [1.54, 1.807) is 13.3 Å². The molecule has 2 aliphatic carbocycles. The highest BCUT2D eigenvalue weighted by Crippen LogP contribution is 2.42. The molecule has 15 heteroatoms. The number of nitrogens with one attached hydrogen (secondary N) is 3. The van der Waals surface area contributed by atoms with Crippen molar-refractivity contribution in [3.05, 3.63) is 60.1 Å². The van der Waals surface area contributed by atoms with Crippen LogP contribution in [0, 0.1) is 12.7 Å². The zero-order chi connectivity index (χ0) is 30.4. The number of methoxy groups -OCH3 is 1. The van der Waals surface area contributed by atoms with E-state index in [0.717, 1.165) is 41.6 Å². The fourth-order valence-corrected chi connectivity index (χ4v) is 5.78. The Kier molecular flexibility index (Phi) is 7.03. The molecule has 0 spiro atoms. The maximum atomic E-state index is 13.6. The van der Waals surface area contributed by atoms with Gasteiger partial charge in [0.05, 0.1) is 54.1 Å². The lowest BCUT2D eigenvalue weighted by atomic mass is 9.77. The average molecular weight is 601 g/mol. The predicted octanol–water partition coefficient (Wildman–Crippen LogP) is 3.97. The molecule has 5 aromatic heterocycles. The molecule has 0 unspecified atom stereocenters. The van der Waals surface area contributed by atoms with Crippen LogP contribution in [0.15, 0.2) is 37.1 Å². The van der Waals surface area contributed by atoms with Crippen LogP contribution in [0.1, 0.15) is 80.7 Å². The van der Waals surface area contributed by atoms with E-state index in [2.05, 4.69) is 41.0 Å². The van der Waals surface area contributed by atoms with Gasteiger partial charge in [-0.2, -0.15) is 15.3 Å². The lowest BCUT2D eigenvalue weighted by Crippen LogP contribution is -2.51. The number of anilines is 2. The lowest BCUT2D eigenvalue weighted by molar-refractivity contribution is -0.148. The van der Waals surface area contributed by atoms with Gasteiger partial charge >= 0.3 is 0 Å². The van der Waals surface area contributed by atoms with Crippen LogP contribution in [0.3, 0.4) is 0 Å². The maximum Gasteiger partial charge on any atom is 0.252 e. The van der Waals surface area contributed by atoms with E-state index in [1.165, 1.54) is 17.1 Å². The van der Waals surface area contributed by atoms with Gasteiger partial charge in [0.2, 0.25) is 0 Å². The Morgan fingerprint density at radius 3 is 2.57 bits per heavy atom. The van der Waals surface area contributed by atoms with E-state index >= 15 is 0 Å². The zero-order valence-electron chi connectivity index (χ0n) is 24.7. The van der Waals surface area contributed by atoms with Crippen molar-refractivity contribution in [2.24, 2.45) is 0 Å². The second-order valence-electron chi connectivity index (χ2n) is 11.6. The van der Waals surface area contributed by atoms with Gasteiger partial charge in [0, 0.05) is 24.8 Å². The first-order valence-electron chi connectivity index (χ1n) is 14.7. The topological polar surface area (TPSA) is 166 Å². The molecule has 228 valence electrons. The van der Waals surface area contributed by atoms with Crippen LogP contribution in [0.4, 0.5) is 16.0 Å². The van der Waals surface area contributed by atoms with Crippen molar-refractivity contribution < 1.29 is 13.9 Å². The van der Waals surface area contributed by atoms with E-state index in [-0.39, 0.29) is 11.8 Å². The van der Waals surface area contributed by atoms with Gasteiger partial charge in [-0.05, 0) is 52.4 Å². The van der Waals surface area contributed by atoms with Crippen molar-refractivity contribution in [1.29, 1.82) is 0 Å². The second kappa shape index (κ2) is 11.0. The third-order valence-corrected chi connectivity index (χ3v) is 8.51. The number of halogens is 1. The van der Waals surface area contributed by atoms with E-state index < -0.39 is 17.5 Å². The number of aromatic amines is 1. The number of nitrogens with zero attached hydrogens (tertiary/aromatic N) is 9. The molecule has 5 aromatic rings. The van der Waals surface area contributed by atoms with Gasteiger partial charge in [0.15, 0.2) is 23.1 Å². The van der Waals surface area contributed by atoms with Crippen molar-refractivity contribution in [2.75, 3.05) is 12.4 Å². The largest absolute Gasteiger partial charge is 0.368 e. The summed E-state index contributed by atoms with van der Waals surface area (Å²) >= 11 is 0. The smallest absolute Gasteiger partial charge is 0.252 e. The molecule has 2 fully saturated rings. The third-order valence-electron chi connectivity index (χ3n) is 8.51. The lowest BCUT2D eigenvalue weighted by Gasteiger charge is -2.38. The first-order valence-corrected chi connectivity index (χ1v) is 14.7. The number of amides is 1. The Morgan fingerprint density at radius 2 is 1.93 bits per heavy atom. The van der Waals surface area contributed by atoms with Crippen LogP contribution in [0.25, 0.3) is 16.9 Å². The molecule has 14 nitrogen and oxygen atoms in total. The fourth-order valence-electron chi connectivity index (χ4n) is 5.78. The molecule has 7 rings (SSSR count). The molecule has 2 aliphatic rings. The van der Waals surface area contributed by atoms with Crippen LogP contribution in [-0.4, -0.2) is 68.3 Å². The van der Waals surface area contributed by atoms with Crippen LogP contribution in [0.5, 0.6) is 0 Å². The number of aryl methyl sites for hydroxylation is 1. The summed E-state index contributed by atoms with van der Waals surface area (Å²) in [4.78, 5) is 32.3. The van der Waals surface area contributed by atoms with Gasteiger partial charge < -0.3 is 15.4 Å². The van der Waals surface area contributed by atoms with Crippen LogP contribution >= 0.6 is 0 Å². The molecule has 0 aliphatic heterocycles. The number of hydrogen-bond donors (Lipinski definition) is 3. The molecule has 1 atom stereocenters. The van der Waals surface area contributed by atoms with Crippen LogP contribution in [0.2, 0.25) is 0 Å². The van der Waals surface area contributed by atoms with Crippen molar-refractivity contribution in [3.63, 3.8) is 0 Å².